The molecule has 1 heterocycles. The van der Waals surface area contributed by atoms with Gasteiger partial charge in [0.2, 0.25) is 0 Å². The number of rotatable bonds is 7. The van der Waals surface area contributed by atoms with Crippen LogP contribution in [0.15, 0.2) is 48.5 Å². The summed E-state index contributed by atoms with van der Waals surface area (Å²) in [6.07, 6.45) is 1.50. The minimum Gasteiger partial charge on any atom is -0.494 e. The van der Waals surface area contributed by atoms with E-state index in [0.29, 0.717) is 23.9 Å². The van der Waals surface area contributed by atoms with Gasteiger partial charge in [-0.2, -0.15) is 0 Å². The molecule has 5 heteroatoms. The van der Waals surface area contributed by atoms with E-state index in [1.54, 1.807) is 13.0 Å². The van der Waals surface area contributed by atoms with Crippen LogP contribution in [-0.2, 0) is 11.2 Å². The van der Waals surface area contributed by atoms with Crippen molar-refractivity contribution >= 4 is 28.5 Å². The molecule has 0 fully saturated rings. The van der Waals surface area contributed by atoms with Gasteiger partial charge in [-0.1, -0.05) is 35.9 Å². The highest BCUT2D eigenvalue weighted by atomic mass is 35.5. The molecule has 0 amide bonds. The number of esters is 1. The van der Waals surface area contributed by atoms with Gasteiger partial charge in [0.05, 0.1) is 13.2 Å². The van der Waals surface area contributed by atoms with Crippen LogP contribution in [-0.4, -0.2) is 24.2 Å². The highest BCUT2D eigenvalue weighted by Crippen LogP contribution is 2.25. The highest BCUT2D eigenvalue weighted by molar-refractivity contribution is 6.30. The first-order valence-corrected chi connectivity index (χ1v) is 8.72. The van der Waals surface area contributed by atoms with Crippen molar-refractivity contribution in [2.45, 2.75) is 19.8 Å². The number of nitrogens with one attached hydrogen (secondary N) is 1. The molecule has 0 aliphatic rings. The number of benzene rings is 2. The number of para-hydroxylation sites is 1. The molecule has 0 saturated carbocycles. The fraction of sp³-hybridized carbons (Fsp3) is 0.250. The molecule has 1 N–H and O–H groups in total. The zero-order chi connectivity index (χ0) is 17.6. The maximum absolute atomic E-state index is 12.2. The number of H-pyrrole nitrogens is 1. The fourth-order valence-corrected chi connectivity index (χ4v) is 3.01. The van der Waals surface area contributed by atoms with E-state index in [2.05, 4.69) is 4.98 Å². The fourth-order valence-electron chi connectivity index (χ4n) is 2.83. The van der Waals surface area contributed by atoms with Gasteiger partial charge >= 0.3 is 5.97 Å². The number of hydrogen-bond acceptors (Lipinski definition) is 3. The van der Waals surface area contributed by atoms with E-state index in [1.165, 1.54) is 0 Å². The summed E-state index contributed by atoms with van der Waals surface area (Å²) in [4.78, 5) is 15.4. The molecule has 0 unspecified atom stereocenters. The lowest BCUT2D eigenvalue weighted by atomic mass is 10.1. The van der Waals surface area contributed by atoms with Gasteiger partial charge in [0, 0.05) is 15.9 Å². The van der Waals surface area contributed by atoms with Gasteiger partial charge in [0.25, 0.3) is 0 Å². The Kier molecular flexibility index (Phi) is 5.61. The minimum atomic E-state index is -0.315. The number of carbonyl (C=O) groups is 1. The number of fused-ring (bicyclic) bond motifs is 1. The summed E-state index contributed by atoms with van der Waals surface area (Å²) >= 11 is 5.95. The Hall–Kier alpha value is -2.46. The average molecular weight is 358 g/mol. The van der Waals surface area contributed by atoms with Crippen molar-refractivity contribution in [1.82, 2.24) is 4.98 Å². The molecular weight excluding hydrogens is 338 g/mol. The van der Waals surface area contributed by atoms with Crippen LogP contribution in [0, 0.1) is 0 Å². The molecule has 0 spiro atoms. The third-order valence-corrected chi connectivity index (χ3v) is 4.16. The number of aromatic amines is 1. The maximum atomic E-state index is 12.2. The molecule has 3 aromatic rings. The van der Waals surface area contributed by atoms with Crippen molar-refractivity contribution in [3.05, 3.63) is 64.8 Å². The van der Waals surface area contributed by atoms with Crippen LogP contribution in [0.4, 0.5) is 0 Å². The highest BCUT2D eigenvalue weighted by Gasteiger charge is 2.18. The third-order valence-electron chi connectivity index (χ3n) is 3.93. The first kappa shape index (κ1) is 17.4. The van der Waals surface area contributed by atoms with Crippen LogP contribution < -0.4 is 4.74 Å². The second-order valence-electron chi connectivity index (χ2n) is 5.65. The average Bonchev–Trinajstić information content (AvgIpc) is 2.98. The van der Waals surface area contributed by atoms with Crippen LogP contribution in [0.3, 0.4) is 0 Å². The molecular formula is C20H20ClNO3. The Labute approximate surface area is 151 Å². The zero-order valence-corrected chi connectivity index (χ0v) is 14.8. The molecule has 4 nitrogen and oxygen atoms in total. The number of aromatic nitrogens is 1. The van der Waals surface area contributed by atoms with Crippen LogP contribution in [0.5, 0.6) is 5.75 Å². The van der Waals surface area contributed by atoms with Crippen LogP contribution in [0.25, 0.3) is 10.9 Å². The number of hydrogen-bond donors (Lipinski definition) is 1. The van der Waals surface area contributed by atoms with Crippen LogP contribution in [0.1, 0.15) is 29.4 Å². The summed E-state index contributed by atoms with van der Waals surface area (Å²) in [6, 6.07) is 15.2. The van der Waals surface area contributed by atoms with Gasteiger partial charge in [0.15, 0.2) is 0 Å². The lowest BCUT2D eigenvalue weighted by Gasteiger charge is -2.07. The molecule has 0 saturated heterocycles. The lowest BCUT2D eigenvalue weighted by Crippen LogP contribution is -2.09. The Balaban J connectivity index is 1.71. The largest absolute Gasteiger partial charge is 0.494 e. The molecule has 3 rings (SSSR count). The predicted octanol–water partition coefficient (Wildman–Crippen LogP) is 5.01. The monoisotopic (exact) mass is 357 g/mol. The van der Waals surface area contributed by atoms with Gasteiger partial charge in [-0.25, -0.2) is 4.79 Å². The molecule has 2 aromatic carbocycles. The van der Waals surface area contributed by atoms with Crippen LogP contribution >= 0.6 is 11.6 Å². The predicted molar refractivity (Wildman–Crippen MR) is 99.5 cm³/mol. The SMILES string of the molecule is CCOC(=O)c1[nH]c2ccccc2c1CCCOc1cccc(Cl)c1. The molecule has 0 radical (unpaired) electrons. The normalized spacial score (nSPS) is 10.8. The molecule has 0 aliphatic carbocycles. The molecule has 0 bridgehead atoms. The number of aryl methyl sites for hydroxylation is 1. The second kappa shape index (κ2) is 8.08. The summed E-state index contributed by atoms with van der Waals surface area (Å²) in [5, 5.41) is 1.70. The first-order chi connectivity index (χ1) is 12.2. The lowest BCUT2D eigenvalue weighted by molar-refractivity contribution is 0.0519. The van der Waals surface area contributed by atoms with Crippen molar-refractivity contribution < 1.29 is 14.3 Å². The van der Waals surface area contributed by atoms with E-state index in [4.69, 9.17) is 21.1 Å². The standard InChI is InChI=1S/C20H20ClNO3/c1-2-24-20(23)19-17(16-9-3-4-11-18(16)22-19)10-6-12-25-15-8-5-7-14(21)13-15/h3-5,7-9,11,13,22H,2,6,10,12H2,1H3. The maximum Gasteiger partial charge on any atom is 0.355 e. The Morgan fingerprint density at radius 2 is 2.00 bits per heavy atom. The van der Waals surface area contributed by atoms with E-state index < -0.39 is 0 Å². The smallest absolute Gasteiger partial charge is 0.355 e. The molecule has 0 aliphatic heterocycles. The van der Waals surface area contributed by atoms with Gasteiger partial charge < -0.3 is 14.5 Å². The van der Waals surface area contributed by atoms with E-state index >= 15 is 0 Å². The summed E-state index contributed by atoms with van der Waals surface area (Å²) in [5.74, 6) is 0.432. The van der Waals surface area contributed by atoms with E-state index in [-0.39, 0.29) is 5.97 Å². The molecule has 1 aromatic heterocycles. The van der Waals surface area contributed by atoms with Crippen molar-refractivity contribution in [2.75, 3.05) is 13.2 Å². The van der Waals surface area contributed by atoms with Gasteiger partial charge in [-0.3, -0.25) is 0 Å². The molecule has 0 atom stereocenters. The quantitative estimate of drug-likeness (QED) is 0.477. The summed E-state index contributed by atoms with van der Waals surface area (Å²) in [7, 11) is 0. The van der Waals surface area contributed by atoms with Crippen LogP contribution in [0.2, 0.25) is 5.02 Å². The van der Waals surface area contributed by atoms with Crippen molar-refractivity contribution in [3.63, 3.8) is 0 Å². The summed E-state index contributed by atoms with van der Waals surface area (Å²) in [6.45, 7) is 2.70. The van der Waals surface area contributed by atoms with E-state index in [1.807, 2.05) is 42.5 Å². The third kappa shape index (κ3) is 4.15. The minimum absolute atomic E-state index is 0.315. The Morgan fingerprint density at radius 3 is 2.80 bits per heavy atom. The number of ether oxygens (including phenoxy) is 2. The molecule has 130 valence electrons. The van der Waals surface area contributed by atoms with E-state index in [0.717, 1.165) is 35.1 Å². The molecule has 25 heavy (non-hydrogen) atoms. The van der Waals surface area contributed by atoms with Gasteiger partial charge in [-0.05, 0) is 49.6 Å². The Bertz CT molecular complexity index is 872. The zero-order valence-electron chi connectivity index (χ0n) is 14.0. The summed E-state index contributed by atoms with van der Waals surface area (Å²) < 4.78 is 10.9. The van der Waals surface area contributed by atoms with Crippen molar-refractivity contribution in [3.8, 4) is 5.75 Å². The van der Waals surface area contributed by atoms with Crippen molar-refractivity contribution in [2.24, 2.45) is 0 Å². The van der Waals surface area contributed by atoms with Gasteiger partial charge in [0.1, 0.15) is 11.4 Å². The van der Waals surface area contributed by atoms with E-state index in [9.17, 15) is 4.79 Å². The second-order valence-corrected chi connectivity index (χ2v) is 6.09. The first-order valence-electron chi connectivity index (χ1n) is 8.34. The van der Waals surface area contributed by atoms with Gasteiger partial charge in [-0.15, -0.1) is 0 Å². The summed E-state index contributed by atoms with van der Waals surface area (Å²) in [5.41, 5.74) is 2.45. The Morgan fingerprint density at radius 1 is 1.16 bits per heavy atom. The number of halogens is 1. The topological polar surface area (TPSA) is 51.3 Å². The number of carbonyl (C=O) groups excluding carboxylic acids is 1. The van der Waals surface area contributed by atoms with Crippen molar-refractivity contribution in [1.29, 1.82) is 0 Å².